The van der Waals surface area contributed by atoms with Gasteiger partial charge in [0.05, 0.1) is 18.9 Å². The van der Waals surface area contributed by atoms with Crippen molar-refractivity contribution in [3.8, 4) is 5.75 Å². The number of benzene rings is 1. The number of para-hydroxylation sites is 2. The molecule has 7 heteroatoms. The fraction of sp³-hybridized carbons (Fsp3) is 0.316. The lowest BCUT2D eigenvalue weighted by molar-refractivity contribution is 0.0857. The lowest BCUT2D eigenvalue weighted by Gasteiger charge is -2.12. The molecule has 2 heterocycles. The van der Waals surface area contributed by atoms with Gasteiger partial charge >= 0.3 is 0 Å². The van der Waals surface area contributed by atoms with Crippen LogP contribution in [0, 0.1) is 0 Å². The Morgan fingerprint density at radius 2 is 2.12 bits per heavy atom. The quantitative estimate of drug-likeness (QED) is 0.830. The molecule has 1 fully saturated rings. The summed E-state index contributed by atoms with van der Waals surface area (Å²) in [4.78, 5) is 28.8. The Morgan fingerprint density at radius 3 is 2.88 bits per heavy atom. The molecule has 2 aromatic rings. The summed E-state index contributed by atoms with van der Waals surface area (Å²) in [5, 5.41) is 5.57. The van der Waals surface area contributed by atoms with Crippen molar-refractivity contribution in [3.63, 3.8) is 0 Å². The number of carbonyl (C=O) groups is 2. The number of rotatable bonds is 6. The van der Waals surface area contributed by atoms with Gasteiger partial charge in [0.15, 0.2) is 0 Å². The van der Waals surface area contributed by atoms with Crippen molar-refractivity contribution < 1.29 is 19.1 Å². The van der Waals surface area contributed by atoms with E-state index < -0.39 is 5.91 Å². The number of hydrogen-bond acceptors (Lipinski definition) is 5. The number of anilines is 1. The standard InChI is InChI=1S/C19H21N3O4/c1-25-17-7-3-2-6-15(17)22-19(24)16-11-13(8-9-20-16)18(23)21-12-14-5-4-10-26-14/h2-3,6-9,11,14H,4-5,10,12H2,1H3,(H,21,23)(H,22,24). The molecule has 0 saturated carbocycles. The lowest BCUT2D eigenvalue weighted by atomic mass is 10.2. The number of aromatic nitrogens is 1. The zero-order chi connectivity index (χ0) is 18.4. The van der Waals surface area contributed by atoms with Crippen LogP contribution < -0.4 is 15.4 Å². The Labute approximate surface area is 151 Å². The van der Waals surface area contributed by atoms with Crippen LogP contribution in [-0.4, -0.2) is 43.2 Å². The van der Waals surface area contributed by atoms with E-state index in [0.29, 0.717) is 23.5 Å². The Balaban J connectivity index is 1.65. The summed E-state index contributed by atoms with van der Waals surface area (Å²) in [6, 6.07) is 10.1. The predicted octanol–water partition coefficient (Wildman–Crippen LogP) is 2.25. The van der Waals surface area contributed by atoms with Crippen molar-refractivity contribution in [3.05, 3.63) is 53.9 Å². The summed E-state index contributed by atoms with van der Waals surface area (Å²) in [5.41, 5.74) is 1.07. The van der Waals surface area contributed by atoms with E-state index in [9.17, 15) is 9.59 Å². The van der Waals surface area contributed by atoms with Gasteiger partial charge in [-0.05, 0) is 37.1 Å². The van der Waals surface area contributed by atoms with Gasteiger partial charge in [-0.25, -0.2) is 0 Å². The topological polar surface area (TPSA) is 89.5 Å². The van der Waals surface area contributed by atoms with Crippen molar-refractivity contribution in [1.29, 1.82) is 0 Å². The van der Waals surface area contributed by atoms with E-state index >= 15 is 0 Å². The monoisotopic (exact) mass is 355 g/mol. The van der Waals surface area contributed by atoms with E-state index in [1.165, 1.54) is 19.4 Å². The highest BCUT2D eigenvalue weighted by molar-refractivity contribution is 6.05. The number of nitrogens with one attached hydrogen (secondary N) is 2. The number of pyridine rings is 1. The van der Waals surface area contributed by atoms with E-state index in [4.69, 9.17) is 9.47 Å². The second kappa shape index (κ2) is 8.44. The van der Waals surface area contributed by atoms with Gasteiger partial charge in [0.25, 0.3) is 11.8 Å². The summed E-state index contributed by atoms with van der Waals surface area (Å²) in [7, 11) is 1.53. The Kier molecular flexibility index (Phi) is 5.80. The molecule has 136 valence electrons. The SMILES string of the molecule is COc1ccccc1NC(=O)c1cc(C(=O)NCC2CCCO2)ccn1. The molecule has 2 amide bonds. The number of hydrogen-bond donors (Lipinski definition) is 2. The molecule has 0 radical (unpaired) electrons. The van der Waals surface area contributed by atoms with Gasteiger partial charge in [0.1, 0.15) is 11.4 Å². The molecule has 1 saturated heterocycles. The maximum Gasteiger partial charge on any atom is 0.274 e. The molecule has 3 rings (SSSR count). The van der Waals surface area contributed by atoms with E-state index in [0.717, 1.165) is 19.4 Å². The van der Waals surface area contributed by atoms with Gasteiger partial charge in [-0.3, -0.25) is 14.6 Å². The van der Waals surface area contributed by atoms with E-state index in [1.807, 2.05) is 6.07 Å². The van der Waals surface area contributed by atoms with Crippen LogP contribution in [-0.2, 0) is 4.74 Å². The molecule has 0 aliphatic carbocycles. The first-order chi connectivity index (χ1) is 12.7. The van der Waals surface area contributed by atoms with Crippen molar-refractivity contribution in [2.45, 2.75) is 18.9 Å². The van der Waals surface area contributed by atoms with Gasteiger partial charge in [0.2, 0.25) is 0 Å². The molecule has 26 heavy (non-hydrogen) atoms. The summed E-state index contributed by atoms with van der Waals surface area (Å²) in [5.74, 6) is -0.121. The Bertz CT molecular complexity index is 788. The van der Waals surface area contributed by atoms with Crippen LogP contribution >= 0.6 is 0 Å². The predicted molar refractivity (Wildman–Crippen MR) is 96.5 cm³/mol. The van der Waals surface area contributed by atoms with Crippen LogP contribution in [0.3, 0.4) is 0 Å². The minimum Gasteiger partial charge on any atom is -0.495 e. The summed E-state index contributed by atoms with van der Waals surface area (Å²) >= 11 is 0. The molecular weight excluding hydrogens is 334 g/mol. The van der Waals surface area contributed by atoms with E-state index in [-0.39, 0.29) is 17.7 Å². The lowest BCUT2D eigenvalue weighted by Crippen LogP contribution is -2.32. The third kappa shape index (κ3) is 4.37. The number of carbonyl (C=O) groups excluding carboxylic acids is 2. The van der Waals surface area contributed by atoms with E-state index in [2.05, 4.69) is 15.6 Å². The number of amides is 2. The van der Waals surface area contributed by atoms with Crippen molar-refractivity contribution in [2.24, 2.45) is 0 Å². The zero-order valence-electron chi connectivity index (χ0n) is 14.5. The van der Waals surface area contributed by atoms with Gasteiger partial charge in [-0.1, -0.05) is 12.1 Å². The molecule has 0 bridgehead atoms. The van der Waals surface area contributed by atoms with E-state index in [1.54, 1.807) is 24.3 Å². The highest BCUT2D eigenvalue weighted by Gasteiger charge is 2.18. The third-order valence-corrected chi connectivity index (χ3v) is 4.12. The highest BCUT2D eigenvalue weighted by Crippen LogP contribution is 2.23. The smallest absolute Gasteiger partial charge is 0.274 e. The van der Waals surface area contributed by atoms with Crippen LogP contribution in [0.15, 0.2) is 42.6 Å². The molecule has 2 N–H and O–H groups in total. The number of methoxy groups -OCH3 is 1. The summed E-state index contributed by atoms with van der Waals surface area (Å²) < 4.78 is 10.7. The Hall–Kier alpha value is -2.93. The highest BCUT2D eigenvalue weighted by atomic mass is 16.5. The van der Waals surface area contributed by atoms with Gasteiger partial charge < -0.3 is 20.1 Å². The minimum atomic E-state index is -0.414. The van der Waals surface area contributed by atoms with Crippen LogP contribution in [0.2, 0.25) is 0 Å². The van der Waals surface area contributed by atoms with Crippen molar-refractivity contribution >= 4 is 17.5 Å². The van der Waals surface area contributed by atoms with Crippen molar-refractivity contribution in [1.82, 2.24) is 10.3 Å². The average Bonchev–Trinajstić information content (AvgIpc) is 3.20. The maximum absolute atomic E-state index is 12.4. The molecule has 1 unspecified atom stereocenters. The van der Waals surface area contributed by atoms with Gasteiger partial charge in [-0.2, -0.15) is 0 Å². The Morgan fingerprint density at radius 1 is 1.27 bits per heavy atom. The maximum atomic E-state index is 12.4. The van der Waals surface area contributed by atoms with Crippen LogP contribution in [0.4, 0.5) is 5.69 Å². The first kappa shape index (κ1) is 17.9. The summed E-state index contributed by atoms with van der Waals surface area (Å²) in [6.45, 7) is 1.20. The molecule has 1 aromatic carbocycles. The molecule has 1 aromatic heterocycles. The molecule has 1 aliphatic heterocycles. The molecular formula is C19H21N3O4. The molecule has 1 atom stereocenters. The molecule has 7 nitrogen and oxygen atoms in total. The number of nitrogens with zero attached hydrogens (tertiary/aromatic N) is 1. The normalized spacial score (nSPS) is 16.1. The average molecular weight is 355 g/mol. The first-order valence-corrected chi connectivity index (χ1v) is 8.47. The summed E-state index contributed by atoms with van der Waals surface area (Å²) in [6.07, 6.45) is 3.47. The van der Waals surface area contributed by atoms with Crippen LogP contribution in [0.25, 0.3) is 0 Å². The zero-order valence-corrected chi connectivity index (χ0v) is 14.5. The fourth-order valence-electron chi connectivity index (χ4n) is 2.74. The fourth-order valence-corrected chi connectivity index (χ4v) is 2.74. The molecule has 0 spiro atoms. The second-order valence-electron chi connectivity index (χ2n) is 5.93. The largest absolute Gasteiger partial charge is 0.495 e. The van der Waals surface area contributed by atoms with Crippen LogP contribution in [0.5, 0.6) is 5.75 Å². The van der Waals surface area contributed by atoms with Gasteiger partial charge in [-0.15, -0.1) is 0 Å². The third-order valence-electron chi connectivity index (χ3n) is 4.12. The minimum absolute atomic E-state index is 0.0640. The molecule has 1 aliphatic rings. The first-order valence-electron chi connectivity index (χ1n) is 8.47. The van der Waals surface area contributed by atoms with Crippen molar-refractivity contribution in [2.75, 3.05) is 25.6 Å². The van der Waals surface area contributed by atoms with Crippen LogP contribution in [0.1, 0.15) is 33.7 Å². The van der Waals surface area contributed by atoms with Gasteiger partial charge in [0, 0.05) is 24.9 Å². The number of ether oxygens (including phenoxy) is 2. The second-order valence-corrected chi connectivity index (χ2v) is 5.93.